The van der Waals surface area contributed by atoms with Gasteiger partial charge in [0.2, 0.25) is 5.91 Å². The zero-order valence-electron chi connectivity index (χ0n) is 26.5. The molecular weight excluding hydrogens is 566 g/mol. The van der Waals surface area contributed by atoms with Gasteiger partial charge < -0.3 is 25.4 Å². The fraction of sp³-hybridized carbons (Fsp3) is 0.324. The van der Waals surface area contributed by atoms with Gasteiger partial charge in [0.1, 0.15) is 23.4 Å². The molecule has 4 aromatic carbocycles. The second-order valence-corrected chi connectivity index (χ2v) is 12.9. The Hall–Kier alpha value is -4.85. The fourth-order valence-corrected chi connectivity index (χ4v) is 5.60. The molecule has 5 rings (SSSR count). The summed E-state index contributed by atoms with van der Waals surface area (Å²) in [7, 11) is 0. The predicted molar refractivity (Wildman–Crippen MR) is 176 cm³/mol. The van der Waals surface area contributed by atoms with Crippen molar-refractivity contribution < 1.29 is 24.2 Å². The maximum atomic E-state index is 14.6. The molecule has 1 aliphatic rings. The smallest absolute Gasteiger partial charge is 0.408 e. The number of carbonyl (C=O) groups excluding carboxylic acids is 3. The number of fused-ring (bicyclic) bond motifs is 1. The molecule has 0 aliphatic heterocycles. The summed E-state index contributed by atoms with van der Waals surface area (Å²) in [6, 6.07) is 23.9. The molecule has 0 saturated heterocycles. The maximum Gasteiger partial charge on any atom is 0.408 e. The summed E-state index contributed by atoms with van der Waals surface area (Å²) in [5, 5.41) is 17.7. The molecule has 0 aromatic heterocycles. The highest BCUT2D eigenvalue weighted by Gasteiger charge is 2.44. The number of carbonyl (C=O) groups is 3. The van der Waals surface area contributed by atoms with Crippen LogP contribution in [0.15, 0.2) is 84.9 Å². The van der Waals surface area contributed by atoms with E-state index in [-0.39, 0.29) is 30.0 Å². The SMILES string of the molecule is Cc1ccc(C(C(=O)Nc2ccc3ccccc3c2)N(C(=O)C(Cc2ccc(O)cc2)NC(=O)OC(C)(C)C)C2CC2)c(C)c1. The number of aryl methyl sites for hydroxylation is 2. The second kappa shape index (κ2) is 13.0. The molecule has 1 saturated carbocycles. The Bertz CT molecular complexity index is 1710. The zero-order valence-corrected chi connectivity index (χ0v) is 26.5. The van der Waals surface area contributed by atoms with Crippen LogP contribution in [-0.2, 0) is 20.7 Å². The highest BCUT2D eigenvalue weighted by Crippen LogP contribution is 2.38. The van der Waals surface area contributed by atoms with Gasteiger partial charge in [0.05, 0.1) is 0 Å². The molecule has 8 heteroatoms. The van der Waals surface area contributed by atoms with Crippen molar-refractivity contribution in [2.45, 2.75) is 77.6 Å². The van der Waals surface area contributed by atoms with Crippen molar-refractivity contribution in [3.05, 3.63) is 107 Å². The Kier molecular flexibility index (Phi) is 9.14. The molecule has 3 amide bonds. The van der Waals surface area contributed by atoms with E-state index in [2.05, 4.69) is 10.6 Å². The van der Waals surface area contributed by atoms with E-state index >= 15 is 0 Å². The number of aromatic hydroxyl groups is 1. The van der Waals surface area contributed by atoms with Crippen LogP contribution in [0.2, 0.25) is 0 Å². The number of ether oxygens (including phenoxy) is 1. The normalized spacial score (nSPS) is 14.3. The van der Waals surface area contributed by atoms with Crippen LogP contribution in [0.4, 0.5) is 10.5 Å². The summed E-state index contributed by atoms with van der Waals surface area (Å²) < 4.78 is 5.53. The Morgan fingerprint density at radius 3 is 2.24 bits per heavy atom. The second-order valence-electron chi connectivity index (χ2n) is 12.9. The average molecular weight is 608 g/mol. The quantitative estimate of drug-likeness (QED) is 0.191. The van der Waals surface area contributed by atoms with Gasteiger partial charge >= 0.3 is 6.09 Å². The van der Waals surface area contributed by atoms with Crippen molar-refractivity contribution in [3.8, 4) is 5.75 Å². The number of benzene rings is 4. The van der Waals surface area contributed by atoms with Gasteiger partial charge in [0, 0.05) is 18.2 Å². The summed E-state index contributed by atoms with van der Waals surface area (Å²) in [6.45, 7) is 9.21. The number of amides is 3. The van der Waals surface area contributed by atoms with E-state index in [1.165, 1.54) is 0 Å². The number of phenolic OH excluding ortho intramolecular Hbond substituents is 1. The number of hydrogen-bond acceptors (Lipinski definition) is 5. The van der Waals surface area contributed by atoms with E-state index in [4.69, 9.17) is 4.74 Å². The van der Waals surface area contributed by atoms with Gasteiger partial charge in [-0.3, -0.25) is 9.59 Å². The first-order chi connectivity index (χ1) is 21.4. The third kappa shape index (κ3) is 8.01. The minimum atomic E-state index is -1.02. The molecule has 234 valence electrons. The van der Waals surface area contributed by atoms with E-state index in [0.29, 0.717) is 5.69 Å². The van der Waals surface area contributed by atoms with E-state index in [0.717, 1.165) is 45.9 Å². The van der Waals surface area contributed by atoms with Gasteiger partial charge in [-0.15, -0.1) is 0 Å². The molecule has 8 nitrogen and oxygen atoms in total. The Balaban J connectivity index is 1.53. The van der Waals surface area contributed by atoms with Crippen molar-refractivity contribution in [3.63, 3.8) is 0 Å². The topological polar surface area (TPSA) is 108 Å². The third-order valence-electron chi connectivity index (χ3n) is 7.82. The lowest BCUT2D eigenvalue weighted by molar-refractivity contribution is -0.141. The van der Waals surface area contributed by atoms with Gasteiger partial charge in [0.15, 0.2) is 0 Å². The van der Waals surface area contributed by atoms with Crippen LogP contribution < -0.4 is 10.6 Å². The monoisotopic (exact) mass is 607 g/mol. The van der Waals surface area contributed by atoms with Crippen molar-refractivity contribution >= 4 is 34.4 Å². The van der Waals surface area contributed by atoms with Gasteiger partial charge in [-0.2, -0.15) is 0 Å². The number of rotatable bonds is 9. The number of hydrogen-bond donors (Lipinski definition) is 3. The highest BCUT2D eigenvalue weighted by atomic mass is 16.6. The third-order valence-corrected chi connectivity index (χ3v) is 7.82. The van der Waals surface area contributed by atoms with E-state index in [1.54, 1.807) is 49.9 Å². The van der Waals surface area contributed by atoms with Crippen molar-refractivity contribution in [1.29, 1.82) is 0 Å². The number of anilines is 1. The van der Waals surface area contributed by atoms with Crippen molar-refractivity contribution in [2.24, 2.45) is 0 Å². The summed E-state index contributed by atoms with van der Waals surface area (Å²) in [4.78, 5) is 43.7. The zero-order chi connectivity index (χ0) is 32.3. The molecule has 3 N–H and O–H groups in total. The van der Waals surface area contributed by atoms with Gasteiger partial charge in [-0.05, 0) is 99.2 Å². The first-order valence-electron chi connectivity index (χ1n) is 15.3. The number of nitrogens with zero attached hydrogens (tertiary/aromatic N) is 1. The molecule has 4 aromatic rings. The minimum Gasteiger partial charge on any atom is -0.508 e. The van der Waals surface area contributed by atoms with Crippen LogP contribution >= 0.6 is 0 Å². The fourth-order valence-electron chi connectivity index (χ4n) is 5.60. The van der Waals surface area contributed by atoms with E-state index in [1.807, 2.05) is 74.5 Å². The van der Waals surface area contributed by atoms with Crippen LogP contribution in [-0.4, -0.2) is 45.6 Å². The van der Waals surface area contributed by atoms with Crippen molar-refractivity contribution in [2.75, 3.05) is 5.32 Å². The van der Waals surface area contributed by atoms with Gasteiger partial charge in [-0.1, -0.05) is 66.2 Å². The van der Waals surface area contributed by atoms with Crippen LogP contribution in [0, 0.1) is 13.8 Å². The molecule has 0 radical (unpaired) electrons. The van der Waals surface area contributed by atoms with Crippen LogP contribution in [0.5, 0.6) is 5.75 Å². The standard InChI is InChI=1S/C37H41N3O5/c1-23-10-19-31(24(2)20-23)33(34(42)38-28-14-13-26-8-6-7-9-27(26)22-28)40(29-15-16-29)35(43)32(39-36(44)45-37(3,4)5)21-25-11-17-30(41)18-12-25/h6-14,17-20,22,29,32-33,41H,15-16,21H2,1-5H3,(H,38,42)(H,39,44). The molecule has 2 unspecified atom stereocenters. The first kappa shape index (κ1) is 31.6. The Morgan fingerprint density at radius 1 is 0.911 bits per heavy atom. The van der Waals surface area contributed by atoms with E-state index < -0.39 is 23.8 Å². The molecule has 1 aliphatic carbocycles. The molecule has 1 fully saturated rings. The molecule has 0 bridgehead atoms. The minimum absolute atomic E-state index is 0.0987. The number of alkyl carbamates (subject to hydrolysis) is 1. The Labute approximate surface area is 264 Å². The predicted octanol–water partition coefficient (Wildman–Crippen LogP) is 6.97. The number of nitrogens with one attached hydrogen (secondary N) is 2. The first-order valence-corrected chi connectivity index (χ1v) is 15.3. The largest absolute Gasteiger partial charge is 0.508 e. The van der Waals surface area contributed by atoms with Crippen LogP contribution in [0.3, 0.4) is 0 Å². The summed E-state index contributed by atoms with van der Waals surface area (Å²) in [5.74, 6) is -0.616. The maximum absolute atomic E-state index is 14.6. The summed E-state index contributed by atoms with van der Waals surface area (Å²) in [6.07, 6.45) is 0.913. The highest BCUT2D eigenvalue weighted by molar-refractivity contribution is 6.01. The van der Waals surface area contributed by atoms with Crippen molar-refractivity contribution in [1.82, 2.24) is 10.2 Å². The summed E-state index contributed by atoms with van der Waals surface area (Å²) in [5.41, 5.74) is 3.26. The van der Waals surface area contributed by atoms with Crippen LogP contribution in [0.1, 0.15) is 61.9 Å². The van der Waals surface area contributed by atoms with Gasteiger partial charge in [0.25, 0.3) is 5.91 Å². The molecule has 0 heterocycles. The molecule has 0 spiro atoms. The lowest BCUT2D eigenvalue weighted by Gasteiger charge is -2.35. The average Bonchev–Trinajstić information content (AvgIpc) is 3.81. The summed E-state index contributed by atoms with van der Waals surface area (Å²) >= 11 is 0. The molecule has 45 heavy (non-hydrogen) atoms. The molecular formula is C37H41N3O5. The number of phenols is 1. The Morgan fingerprint density at radius 2 is 1.60 bits per heavy atom. The van der Waals surface area contributed by atoms with Gasteiger partial charge in [-0.25, -0.2) is 4.79 Å². The lowest BCUT2D eigenvalue weighted by Crippen LogP contribution is -2.54. The molecule has 2 atom stereocenters. The van der Waals surface area contributed by atoms with E-state index in [9.17, 15) is 19.5 Å². The van der Waals surface area contributed by atoms with Crippen LogP contribution in [0.25, 0.3) is 10.8 Å². The lowest BCUT2D eigenvalue weighted by atomic mass is 9.95.